The first-order chi connectivity index (χ1) is 8.18. The van der Waals surface area contributed by atoms with Gasteiger partial charge in [-0.15, -0.1) is 0 Å². The molecule has 1 heterocycles. The van der Waals surface area contributed by atoms with Gasteiger partial charge in [0.15, 0.2) is 5.03 Å². The molecule has 1 fully saturated rings. The number of rotatable bonds is 8. The summed E-state index contributed by atoms with van der Waals surface area (Å²) in [5.74, 6) is 0.747. The summed E-state index contributed by atoms with van der Waals surface area (Å²) in [5, 5.41) is 6.12. The van der Waals surface area contributed by atoms with Crippen LogP contribution in [0.3, 0.4) is 0 Å². The second kappa shape index (κ2) is 5.61. The topological polar surface area (TPSA) is 84.1 Å². The van der Waals surface area contributed by atoms with E-state index in [4.69, 9.17) is 4.74 Å². The van der Waals surface area contributed by atoms with Gasteiger partial charge in [-0.05, 0) is 31.2 Å². The molecule has 0 unspecified atom stereocenters. The van der Waals surface area contributed by atoms with Crippen molar-refractivity contribution in [2.75, 3.05) is 19.8 Å². The summed E-state index contributed by atoms with van der Waals surface area (Å²) in [6.07, 6.45) is 4.63. The van der Waals surface area contributed by atoms with Crippen molar-refractivity contribution in [3.8, 4) is 0 Å². The highest BCUT2D eigenvalue weighted by Gasteiger charge is 2.21. The van der Waals surface area contributed by atoms with Gasteiger partial charge in [0.25, 0.3) is 10.0 Å². The van der Waals surface area contributed by atoms with Crippen molar-refractivity contribution in [2.45, 2.75) is 24.3 Å². The highest BCUT2D eigenvalue weighted by Crippen LogP contribution is 2.28. The minimum atomic E-state index is -3.43. The maximum Gasteiger partial charge on any atom is 0.257 e. The second-order valence-corrected chi connectivity index (χ2v) is 5.93. The molecule has 0 aliphatic heterocycles. The molecule has 1 aliphatic carbocycles. The summed E-state index contributed by atoms with van der Waals surface area (Å²) >= 11 is 0. The van der Waals surface area contributed by atoms with Gasteiger partial charge in [-0.3, -0.25) is 5.10 Å². The van der Waals surface area contributed by atoms with Crippen molar-refractivity contribution < 1.29 is 13.2 Å². The fraction of sp³-hybridized carbons (Fsp3) is 0.700. The molecule has 0 bridgehead atoms. The number of H-pyrrole nitrogens is 1. The third kappa shape index (κ3) is 4.10. The van der Waals surface area contributed by atoms with Crippen LogP contribution in [0.25, 0.3) is 0 Å². The van der Waals surface area contributed by atoms with Gasteiger partial charge in [-0.1, -0.05) is 0 Å². The first kappa shape index (κ1) is 12.5. The van der Waals surface area contributed by atoms with Crippen LogP contribution in [0.1, 0.15) is 19.3 Å². The first-order valence-electron chi connectivity index (χ1n) is 5.75. The number of sulfonamides is 1. The van der Waals surface area contributed by atoms with E-state index < -0.39 is 10.0 Å². The van der Waals surface area contributed by atoms with E-state index >= 15 is 0 Å². The van der Waals surface area contributed by atoms with Gasteiger partial charge >= 0.3 is 0 Å². The van der Waals surface area contributed by atoms with E-state index in [-0.39, 0.29) is 5.03 Å². The van der Waals surface area contributed by atoms with E-state index in [9.17, 15) is 8.42 Å². The summed E-state index contributed by atoms with van der Waals surface area (Å²) in [7, 11) is -3.43. The minimum absolute atomic E-state index is 0.0939. The minimum Gasteiger partial charge on any atom is -0.381 e. The van der Waals surface area contributed by atoms with Gasteiger partial charge in [0, 0.05) is 19.8 Å². The summed E-state index contributed by atoms with van der Waals surface area (Å²) < 4.78 is 31.1. The Morgan fingerprint density at radius 2 is 2.35 bits per heavy atom. The Labute approximate surface area is 101 Å². The predicted molar refractivity (Wildman–Crippen MR) is 61.9 cm³/mol. The van der Waals surface area contributed by atoms with Crippen LogP contribution in [0.4, 0.5) is 0 Å². The lowest BCUT2D eigenvalue weighted by molar-refractivity contribution is 0.123. The molecule has 2 N–H and O–H groups in total. The third-order valence-electron chi connectivity index (χ3n) is 2.57. The Bertz CT molecular complexity index is 426. The van der Waals surface area contributed by atoms with Crippen LogP contribution >= 0.6 is 0 Å². The van der Waals surface area contributed by atoms with E-state index in [2.05, 4.69) is 14.9 Å². The fourth-order valence-corrected chi connectivity index (χ4v) is 2.37. The summed E-state index contributed by atoms with van der Waals surface area (Å²) in [5.41, 5.74) is 0. The second-order valence-electron chi connectivity index (χ2n) is 4.19. The van der Waals surface area contributed by atoms with E-state index in [1.54, 1.807) is 0 Å². The predicted octanol–water partition coefficient (Wildman–Crippen LogP) is 0.505. The lowest BCUT2D eigenvalue weighted by Crippen LogP contribution is -2.26. The first-order valence-corrected chi connectivity index (χ1v) is 7.23. The fourth-order valence-electron chi connectivity index (χ4n) is 1.39. The van der Waals surface area contributed by atoms with Gasteiger partial charge in [0.05, 0.1) is 6.20 Å². The normalized spacial score (nSPS) is 16.2. The number of aromatic amines is 1. The Hall–Kier alpha value is -0.920. The molecule has 0 atom stereocenters. The molecule has 6 nitrogen and oxygen atoms in total. The molecular weight excluding hydrogens is 242 g/mol. The van der Waals surface area contributed by atoms with Crippen LogP contribution in [-0.2, 0) is 14.8 Å². The standard InChI is InChI=1S/C10H17N3O3S/c14-17(15,10-4-6-11-13-10)12-5-1-7-16-8-9-2-3-9/h4,6,9,12H,1-3,5,7-8H2,(H,11,13). The number of hydrogen-bond donors (Lipinski definition) is 2. The maximum absolute atomic E-state index is 11.6. The zero-order chi connectivity index (χ0) is 12.1. The molecule has 2 rings (SSSR count). The molecule has 1 saturated carbocycles. The average molecular weight is 259 g/mol. The van der Waals surface area contributed by atoms with Crippen molar-refractivity contribution in [1.29, 1.82) is 0 Å². The number of nitrogens with zero attached hydrogens (tertiary/aromatic N) is 1. The molecule has 17 heavy (non-hydrogen) atoms. The van der Waals surface area contributed by atoms with Crippen LogP contribution in [0.15, 0.2) is 17.3 Å². The van der Waals surface area contributed by atoms with Crippen LogP contribution < -0.4 is 4.72 Å². The van der Waals surface area contributed by atoms with E-state index in [1.165, 1.54) is 25.1 Å². The van der Waals surface area contributed by atoms with Crippen molar-refractivity contribution in [3.63, 3.8) is 0 Å². The smallest absolute Gasteiger partial charge is 0.257 e. The Kier molecular flexibility index (Phi) is 4.14. The Morgan fingerprint density at radius 1 is 1.53 bits per heavy atom. The third-order valence-corrected chi connectivity index (χ3v) is 3.96. The van der Waals surface area contributed by atoms with E-state index in [0.29, 0.717) is 19.6 Å². The molecule has 0 amide bonds. The number of hydrogen-bond acceptors (Lipinski definition) is 4. The molecule has 0 spiro atoms. The van der Waals surface area contributed by atoms with Crippen molar-refractivity contribution in [2.24, 2.45) is 5.92 Å². The van der Waals surface area contributed by atoms with Crippen molar-refractivity contribution in [1.82, 2.24) is 14.9 Å². The Morgan fingerprint density at radius 3 is 3.00 bits per heavy atom. The van der Waals surface area contributed by atoms with Gasteiger partial charge < -0.3 is 4.74 Å². The van der Waals surface area contributed by atoms with E-state index in [0.717, 1.165) is 12.5 Å². The molecule has 0 radical (unpaired) electrons. The average Bonchev–Trinajstić information content (AvgIpc) is 2.94. The summed E-state index contributed by atoms with van der Waals surface area (Å²) in [4.78, 5) is 0. The molecule has 0 aromatic carbocycles. The van der Waals surface area contributed by atoms with Crippen LogP contribution in [0.2, 0.25) is 0 Å². The Balaban J connectivity index is 1.60. The van der Waals surface area contributed by atoms with Gasteiger partial charge in [-0.2, -0.15) is 5.10 Å². The van der Waals surface area contributed by atoms with Crippen molar-refractivity contribution >= 4 is 10.0 Å². The molecule has 0 saturated heterocycles. The largest absolute Gasteiger partial charge is 0.381 e. The number of nitrogens with one attached hydrogen (secondary N) is 2. The van der Waals surface area contributed by atoms with Gasteiger partial charge in [-0.25, -0.2) is 13.1 Å². The molecule has 1 aromatic rings. The molecular formula is C10H17N3O3S. The maximum atomic E-state index is 11.6. The highest BCUT2D eigenvalue weighted by atomic mass is 32.2. The zero-order valence-electron chi connectivity index (χ0n) is 9.55. The lowest BCUT2D eigenvalue weighted by Gasteiger charge is -2.05. The van der Waals surface area contributed by atoms with Gasteiger partial charge in [0.2, 0.25) is 0 Å². The van der Waals surface area contributed by atoms with Crippen molar-refractivity contribution in [3.05, 3.63) is 12.3 Å². The quantitative estimate of drug-likeness (QED) is 0.666. The number of ether oxygens (including phenoxy) is 1. The SMILES string of the molecule is O=S(=O)(NCCCOCC1CC1)c1ccn[nH]1. The van der Waals surface area contributed by atoms with Gasteiger partial charge in [0.1, 0.15) is 0 Å². The monoisotopic (exact) mass is 259 g/mol. The van der Waals surface area contributed by atoms with Crippen LogP contribution in [0, 0.1) is 5.92 Å². The summed E-state index contributed by atoms with van der Waals surface area (Å²) in [6, 6.07) is 1.42. The van der Waals surface area contributed by atoms with E-state index in [1.807, 2.05) is 0 Å². The number of aromatic nitrogens is 2. The lowest BCUT2D eigenvalue weighted by atomic mass is 10.4. The molecule has 1 aromatic heterocycles. The summed E-state index contributed by atoms with van der Waals surface area (Å²) in [6.45, 7) is 1.79. The highest BCUT2D eigenvalue weighted by molar-refractivity contribution is 7.89. The molecule has 96 valence electrons. The van der Waals surface area contributed by atoms with Crippen LogP contribution in [0.5, 0.6) is 0 Å². The zero-order valence-corrected chi connectivity index (χ0v) is 10.4. The van der Waals surface area contributed by atoms with Crippen LogP contribution in [-0.4, -0.2) is 38.4 Å². The molecule has 7 heteroatoms. The molecule has 1 aliphatic rings.